The van der Waals surface area contributed by atoms with Gasteiger partial charge in [0.1, 0.15) is 0 Å². The Kier molecular flexibility index (Phi) is 8.07. The van der Waals surface area contributed by atoms with Crippen molar-refractivity contribution < 1.29 is 4.74 Å². The summed E-state index contributed by atoms with van der Waals surface area (Å²) >= 11 is 0. The fourth-order valence-corrected chi connectivity index (χ4v) is 2.37. The minimum absolute atomic E-state index is 0.646. The molecule has 0 saturated carbocycles. The molecule has 0 aromatic carbocycles. The number of nitrogens with zero attached hydrogens (tertiary/aromatic N) is 1. The van der Waals surface area contributed by atoms with E-state index in [1.165, 1.54) is 32.4 Å². The number of likely N-dealkylation sites (tertiary alicyclic amines) is 1. The van der Waals surface area contributed by atoms with Gasteiger partial charge in [-0.1, -0.05) is 27.7 Å². The van der Waals surface area contributed by atoms with Crippen molar-refractivity contribution in [3.05, 3.63) is 0 Å². The number of rotatable bonds is 0. The molecule has 0 unspecified atom stereocenters. The molecular weight excluding hydrogens is 186 g/mol. The summed E-state index contributed by atoms with van der Waals surface area (Å²) in [5.41, 5.74) is 0.646. The lowest BCUT2D eigenvalue weighted by molar-refractivity contribution is 0.0205. The van der Waals surface area contributed by atoms with E-state index in [0.29, 0.717) is 5.41 Å². The molecule has 0 N–H and O–H groups in total. The third-order valence-electron chi connectivity index (χ3n) is 3.18. The van der Waals surface area contributed by atoms with Crippen LogP contribution in [-0.4, -0.2) is 38.3 Å². The lowest BCUT2D eigenvalue weighted by Gasteiger charge is -2.32. The van der Waals surface area contributed by atoms with E-state index in [0.717, 1.165) is 13.2 Å². The molecule has 0 amide bonds. The molecule has 2 aliphatic rings. The average Bonchev–Trinajstić information content (AvgIpc) is 2.66. The number of hydrogen-bond donors (Lipinski definition) is 0. The highest BCUT2D eigenvalue weighted by atomic mass is 16.5. The lowest BCUT2D eigenvalue weighted by atomic mass is 9.80. The van der Waals surface area contributed by atoms with Crippen LogP contribution in [0.25, 0.3) is 0 Å². The Morgan fingerprint density at radius 1 is 0.933 bits per heavy atom. The predicted octanol–water partition coefficient (Wildman–Crippen LogP) is 3.17. The van der Waals surface area contributed by atoms with Crippen LogP contribution in [0.4, 0.5) is 0 Å². The maximum absolute atomic E-state index is 5.37. The molecule has 2 heteroatoms. The Balaban J connectivity index is 0.000000442. The van der Waals surface area contributed by atoms with E-state index in [4.69, 9.17) is 4.74 Å². The van der Waals surface area contributed by atoms with Crippen molar-refractivity contribution >= 4 is 0 Å². The molecule has 92 valence electrons. The zero-order chi connectivity index (χ0) is 11.7. The van der Waals surface area contributed by atoms with Crippen molar-refractivity contribution in [1.82, 2.24) is 4.90 Å². The zero-order valence-electron chi connectivity index (χ0n) is 11.3. The molecule has 0 atom stereocenters. The SMILES string of the molecule is CC.CC.CN1CCC2(CCOCC2)C1. The second-order valence-electron chi connectivity index (χ2n) is 4.10. The van der Waals surface area contributed by atoms with Crippen LogP contribution in [0, 0.1) is 5.41 Å². The van der Waals surface area contributed by atoms with Crippen molar-refractivity contribution in [3.63, 3.8) is 0 Å². The molecule has 1 spiro atoms. The topological polar surface area (TPSA) is 12.5 Å². The van der Waals surface area contributed by atoms with E-state index < -0.39 is 0 Å². The van der Waals surface area contributed by atoms with Crippen LogP contribution in [0.3, 0.4) is 0 Å². The molecule has 2 fully saturated rings. The molecule has 2 saturated heterocycles. The summed E-state index contributed by atoms with van der Waals surface area (Å²) < 4.78 is 5.37. The fourth-order valence-electron chi connectivity index (χ4n) is 2.37. The van der Waals surface area contributed by atoms with Gasteiger partial charge in [0.25, 0.3) is 0 Å². The molecule has 0 radical (unpaired) electrons. The van der Waals surface area contributed by atoms with Gasteiger partial charge in [-0.15, -0.1) is 0 Å². The first-order valence-corrected chi connectivity index (χ1v) is 6.57. The molecule has 2 aliphatic heterocycles. The summed E-state index contributed by atoms with van der Waals surface area (Å²) in [4.78, 5) is 2.45. The summed E-state index contributed by atoms with van der Waals surface area (Å²) in [5, 5.41) is 0. The van der Waals surface area contributed by atoms with E-state index >= 15 is 0 Å². The van der Waals surface area contributed by atoms with Gasteiger partial charge in [0.2, 0.25) is 0 Å². The Bertz CT molecular complexity index is 136. The smallest absolute Gasteiger partial charge is 0.0471 e. The number of hydrogen-bond acceptors (Lipinski definition) is 2. The second kappa shape index (κ2) is 8.12. The highest BCUT2D eigenvalue weighted by molar-refractivity contribution is 4.89. The molecule has 0 aliphatic carbocycles. The van der Waals surface area contributed by atoms with Crippen LogP contribution < -0.4 is 0 Å². The maximum atomic E-state index is 5.37. The summed E-state index contributed by atoms with van der Waals surface area (Å²) in [6.07, 6.45) is 3.97. The molecule has 0 bridgehead atoms. The van der Waals surface area contributed by atoms with Crippen LogP contribution in [0.2, 0.25) is 0 Å². The van der Waals surface area contributed by atoms with E-state index in [9.17, 15) is 0 Å². The van der Waals surface area contributed by atoms with Gasteiger partial charge in [-0.2, -0.15) is 0 Å². The standard InChI is InChI=1S/C9H17NO.2C2H6/c1-10-5-2-9(8-10)3-6-11-7-4-9;2*1-2/h2-8H2,1H3;2*1-2H3. The molecule has 2 heterocycles. The van der Waals surface area contributed by atoms with Crippen molar-refractivity contribution in [2.24, 2.45) is 5.41 Å². The molecule has 0 aromatic rings. The molecule has 2 rings (SSSR count). The molecule has 15 heavy (non-hydrogen) atoms. The Morgan fingerprint density at radius 3 is 1.87 bits per heavy atom. The maximum Gasteiger partial charge on any atom is 0.0471 e. The van der Waals surface area contributed by atoms with Crippen molar-refractivity contribution in [2.45, 2.75) is 47.0 Å². The normalized spacial score (nSPS) is 23.8. The van der Waals surface area contributed by atoms with Crippen LogP contribution in [0.1, 0.15) is 47.0 Å². The summed E-state index contributed by atoms with van der Waals surface area (Å²) in [6.45, 7) is 12.6. The largest absolute Gasteiger partial charge is 0.381 e. The van der Waals surface area contributed by atoms with Crippen LogP contribution >= 0.6 is 0 Å². The Morgan fingerprint density at radius 2 is 1.47 bits per heavy atom. The Labute approximate surface area is 96.0 Å². The van der Waals surface area contributed by atoms with Crippen LogP contribution in [0.5, 0.6) is 0 Å². The van der Waals surface area contributed by atoms with Gasteiger partial charge in [0.05, 0.1) is 0 Å². The third-order valence-corrected chi connectivity index (χ3v) is 3.18. The molecule has 0 aromatic heterocycles. The monoisotopic (exact) mass is 215 g/mol. The van der Waals surface area contributed by atoms with Gasteiger partial charge >= 0.3 is 0 Å². The predicted molar refractivity (Wildman–Crippen MR) is 67.3 cm³/mol. The van der Waals surface area contributed by atoms with E-state index in [2.05, 4.69) is 11.9 Å². The van der Waals surface area contributed by atoms with Gasteiger partial charge in [-0.05, 0) is 38.3 Å². The highest BCUT2D eigenvalue weighted by Crippen LogP contribution is 2.38. The molecular formula is C13H29NO. The second-order valence-corrected chi connectivity index (χ2v) is 4.10. The van der Waals surface area contributed by atoms with Gasteiger partial charge in [0.15, 0.2) is 0 Å². The summed E-state index contributed by atoms with van der Waals surface area (Å²) in [5.74, 6) is 0. The van der Waals surface area contributed by atoms with Crippen LogP contribution in [0.15, 0.2) is 0 Å². The van der Waals surface area contributed by atoms with Gasteiger partial charge in [0, 0.05) is 19.8 Å². The highest BCUT2D eigenvalue weighted by Gasteiger charge is 2.37. The first-order valence-electron chi connectivity index (χ1n) is 6.57. The fraction of sp³-hybridized carbons (Fsp3) is 1.00. The first-order chi connectivity index (χ1) is 7.31. The first kappa shape index (κ1) is 14.9. The average molecular weight is 215 g/mol. The van der Waals surface area contributed by atoms with E-state index in [-0.39, 0.29) is 0 Å². The minimum atomic E-state index is 0.646. The summed E-state index contributed by atoms with van der Waals surface area (Å²) in [6, 6.07) is 0. The summed E-state index contributed by atoms with van der Waals surface area (Å²) in [7, 11) is 2.23. The van der Waals surface area contributed by atoms with Crippen molar-refractivity contribution in [1.29, 1.82) is 0 Å². The van der Waals surface area contributed by atoms with Gasteiger partial charge < -0.3 is 9.64 Å². The van der Waals surface area contributed by atoms with Crippen LogP contribution in [-0.2, 0) is 4.74 Å². The van der Waals surface area contributed by atoms with E-state index in [1.807, 2.05) is 27.7 Å². The van der Waals surface area contributed by atoms with E-state index in [1.54, 1.807) is 0 Å². The quantitative estimate of drug-likeness (QED) is 0.615. The lowest BCUT2D eigenvalue weighted by Crippen LogP contribution is -2.31. The zero-order valence-corrected chi connectivity index (χ0v) is 11.3. The van der Waals surface area contributed by atoms with Crippen molar-refractivity contribution in [3.8, 4) is 0 Å². The third kappa shape index (κ3) is 4.52. The number of ether oxygens (including phenoxy) is 1. The van der Waals surface area contributed by atoms with Gasteiger partial charge in [-0.3, -0.25) is 0 Å². The van der Waals surface area contributed by atoms with Crippen molar-refractivity contribution in [2.75, 3.05) is 33.4 Å². The minimum Gasteiger partial charge on any atom is -0.381 e. The van der Waals surface area contributed by atoms with Gasteiger partial charge in [-0.25, -0.2) is 0 Å². The molecule has 2 nitrogen and oxygen atoms in total. The Hall–Kier alpha value is -0.0800.